The zero-order chi connectivity index (χ0) is 52.9. The summed E-state index contributed by atoms with van der Waals surface area (Å²) in [5, 5.41) is 7.18. The third kappa shape index (κ3) is 8.39. The van der Waals surface area contributed by atoms with E-state index in [1.807, 2.05) is 85.5 Å². The van der Waals surface area contributed by atoms with Crippen molar-refractivity contribution in [1.82, 2.24) is 24.8 Å². The molecule has 3 aliphatic rings. The molecular weight excluding hydrogens is 844 g/mol. The highest BCUT2D eigenvalue weighted by Gasteiger charge is 2.33. The van der Waals surface area contributed by atoms with Crippen LogP contribution in [0.3, 0.4) is 0 Å². The molecule has 2 aromatic heterocycles. The second kappa shape index (κ2) is 18.4. The van der Waals surface area contributed by atoms with Crippen LogP contribution in [0.1, 0.15) is 47.1 Å². The number of allylic oxidation sites excluding steroid dienone is 8. The minimum atomic E-state index is -2.70. The van der Waals surface area contributed by atoms with Gasteiger partial charge in [0.15, 0.2) is 14.6 Å². The van der Waals surface area contributed by atoms with Crippen molar-refractivity contribution in [2.45, 2.75) is 26.2 Å². The number of rotatable bonds is 7. The fourth-order valence-corrected chi connectivity index (χ4v) is 9.07. The van der Waals surface area contributed by atoms with E-state index in [-0.39, 0.29) is 34.4 Å². The van der Waals surface area contributed by atoms with E-state index in [2.05, 4.69) is 116 Å². The van der Waals surface area contributed by atoms with E-state index in [1.165, 1.54) is 10.1 Å². The molecular formula is C59H51B2N7O. The fraction of sp³-hybridized carbons (Fsp3) is 0.102. The number of anilines is 4. The lowest BCUT2D eigenvalue weighted by Crippen LogP contribution is -2.26. The Labute approximate surface area is 415 Å². The summed E-state index contributed by atoms with van der Waals surface area (Å²) in [5.74, 6) is 5.03. The van der Waals surface area contributed by atoms with Gasteiger partial charge >= 0.3 is 0 Å². The van der Waals surface area contributed by atoms with Crippen molar-refractivity contribution in [1.29, 1.82) is 0 Å². The average molecular weight is 903 g/mol. The van der Waals surface area contributed by atoms with E-state index in [0.29, 0.717) is 40.1 Å². The summed E-state index contributed by atoms with van der Waals surface area (Å²) in [6.07, 6.45) is 23.9. The summed E-state index contributed by atoms with van der Waals surface area (Å²) >= 11 is 0. The van der Waals surface area contributed by atoms with Crippen LogP contribution in [0.2, 0.25) is 0 Å². The van der Waals surface area contributed by atoms with Gasteiger partial charge in [0.05, 0.1) is 44.6 Å². The molecule has 334 valence electrons. The summed E-state index contributed by atoms with van der Waals surface area (Å²) in [5.41, 5.74) is 10.3. The van der Waals surface area contributed by atoms with Crippen LogP contribution in [0.4, 0.5) is 22.7 Å². The van der Waals surface area contributed by atoms with Crippen molar-refractivity contribution >= 4 is 81.1 Å². The number of hydrogen-bond donors (Lipinski definition) is 2. The number of imidazole rings is 1. The Hall–Kier alpha value is -8.36. The zero-order valence-corrected chi connectivity index (χ0v) is 38.4. The van der Waals surface area contributed by atoms with Crippen molar-refractivity contribution in [2.75, 3.05) is 16.5 Å². The highest BCUT2D eigenvalue weighted by Crippen LogP contribution is 2.50. The largest absolute Gasteiger partial charge is 0.457 e. The SMILES string of the molecule is [2H]c1c([2H])c([2H])c2c(c1[2H])c1ccc(Oc3cccc(N4CN(c5c(/C6=C/C=C\N/C=C\C=C/[B]6)cc(C(C)(C)C)cc5/C5=C/C=C\N/C=C\C=C/[B]5)c5ccccc54)c3)cc1n2-c1nc2ccccc2n1C([2H])([2H])[2H]. The van der Waals surface area contributed by atoms with Crippen molar-refractivity contribution in [2.24, 2.45) is 6.98 Å². The van der Waals surface area contributed by atoms with E-state index in [1.54, 1.807) is 42.5 Å². The number of fused-ring (bicyclic) bond motifs is 5. The minimum Gasteiger partial charge on any atom is -0.457 e. The first-order valence-electron chi connectivity index (χ1n) is 26.4. The lowest BCUT2D eigenvalue weighted by Gasteiger charge is -2.31. The number of aryl methyl sites for hydroxylation is 1. The van der Waals surface area contributed by atoms with Crippen LogP contribution in [0, 0.1) is 0 Å². The monoisotopic (exact) mass is 902 g/mol. The third-order valence-corrected chi connectivity index (χ3v) is 12.4. The molecule has 8 nitrogen and oxygen atoms in total. The standard InChI is InChI=1S/C59H51B2N7O/c1-59(2,3)41-36-47(49-21-16-34-62-32-13-11-30-60-49)57(48(37-41)50-22-17-35-63-33-14-12-31-61-50)67-40-66(54-26-9-10-27-55(54)67)42-18-15-19-43(38-42)69-44-28-29-46-45-20-5-7-24-52(45)68(56(46)39-44)58-64-51-23-6-8-25-53(51)65(58)4/h5-39,62-63H,40H2,1-4H3/b30-11-,31-12-,32-13-,33-14-,34-16-,35-17-,49-21-,50-22-/i4D3,5D,7D,20D,24D. The van der Waals surface area contributed by atoms with Crippen molar-refractivity contribution in [3.63, 3.8) is 0 Å². The van der Waals surface area contributed by atoms with Crippen LogP contribution in [-0.2, 0) is 12.4 Å². The molecule has 10 heteroatoms. The van der Waals surface area contributed by atoms with Crippen LogP contribution < -0.4 is 25.2 Å². The van der Waals surface area contributed by atoms with Gasteiger partial charge in [-0.2, -0.15) is 0 Å². The average Bonchev–Trinajstić information content (AvgIpc) is 4.27. The van der Waals surface area contributed by atoms with Crippen LogP contribution in [0.15, 0.2) is 213 Å². The van der Waals surface area contributed by atoms with E-state index in [4.69, 9.17) is 19.3 Å². The molecule has 69 heavy (non-hydrogen) atoms. The Balaban J connectivity index is 1.04. The van der Waals surface area contributed by atoms with E-state index in [0.717, 1.165) is 49.4 Å². The number of benzene rings is 6. The summed E-state index contributed by atoms with van der Waals surface area (Å²) in [7, 11) is 4.32. The first-order valence-corrected chi connectivity index (χ1v) is 22.9. The molecule has 0 bridgehead atoms. The summed E-state index contributed by atoms with van der Waals surface area (Å²) < 4.78 is 70.7. The summed E-state index contributed by atoms with van der Waals surface area (Å²) in [6, 6.07) is 31.7. The molecule has 0 saturated carbocycles. The molecule has 2 radical (unpaired) electrons. The van der Waals surface area contributed by atoms with E-state index in [9.17, 15) is 0 Å². The van der Waals surface area contributed by atoms with Gasteiger partial charge in [0.25, 0.3) is 0 Å². The first kappa shape index (κ1) is 35.8. The molecule has 0 spiro atoms. The molecule has 11 rings (SSSR count). The van der Waals surface area contributed by atoms with E-state index < -0.39 is 19.1 Å². The molecule has 3 aliphatic heterocycles. The van der Waals surface area contributed by atoms with Gasteiger partial charge in [-0.1, -0.05) is 104 Å². The van der Waals surface area contributed by atoms with Crippen LogP contribution in [0.25, 0.3) is 49.7 Å². The van der Waals surface area contributed by atoms with Gasteiger partial charge in [-0.25, -0.2) is 4.98 Å². The fourth-order valence-electron chi connectivity index (χ4n) is 9.07. The predicted molar refractivity (Wildman–Crippen MR) is 291 cm³/mol. The van der Waals surface area contributed by atoms with Crippen molar-refractivity contribution in [3.05, 3.63) is 229 Å². The summed E-state index contributed by atoms with van der Waals surface area (Å²) in [6.45, 7) is 4.49. The Bertz CT molecular complexity index is 3820. The number of aromatic nitrogens is 3. The number of ether oxygens (including phenoxy) is 1. The number of nitrogens with zero attached hydrogens (tertiary/aromatic N) is 5. The maximum absolute atomic E-state index is 9.14. The van der Waals surface area contributed by atoms with Crippen LogP contribution in [0.5, 0.6) is 11.5 Å². The second-order valence-corrected chi connectivity index (χ2v) is 17.8. The first-order chi connectivity index (χ1) is 36.7. The smallest absolute Gasteiger partial charge is 0.215 e. The molecule has 0 fully saturated rings. The maximum Gasteiger partial charge on any atom is 0.215 e. The normalized spacial score (nSPS) is 20.8. The minimum absolute atomic E-state index is 0.0180. The van der Waals surface area contributed by atoms with Crippen LogP contribution >= 0.6 is 0 Å². The van der Waals surface area contributed by atoms with Gasteiger partial charge in [-0.15, -0.1) is 12.0 Å². The van der Waals surface area contributed by atoms with Gasteiger partial charge < -0.3 is 29.7 Å². The lowest BCUT2D eigenvalue weighted by atomic mass is 9.62. The number of para-hydroxylation sites is 5. The molecule has 8 aromatic rings. The van der Waals surface area contributed by atoms with Gasteiger partial charge in [0.2, 0.25) is 5.95 Å². The maximum atomic E-state index is 9.14. The van der Waals surface area contributed by atoms with Crippen molar-refractivity contribution < 1.29 is 14.3 Å². The van der Waals surface area contributed by atoms with Gasteiger partial charge in [0.1, 0.15) is 18.2 Å². The Morgan fingerprint density at radius 1 is 0.638 bits per heavy atom. The Morgan fingerprint density at radius 2 is 1.30 bits per heavy atom. The second-order valence-electron chi connectivity index (χ2n) is 17.8. The molecule has 0 atom stereocenters. The Kier molecular flexibility index (Phi) is 9.53. The number of hydrogen-bond acceptors (Lipinski definition) is 6. The predicted octanol–water partition coefficient (Wildman–Crippen LogP) is 13.4. The molecule has 2 N–H and O–H groups in total. The highest BCUT2D eigenvalue weighted by molar-refractivity contribution is 6.67. The molecule has 0 amide bonds. The topological polar surface area (TPSA) is 62.5 Å². The third-order valence-electron chi connectivity index (χ3n) is 12.4. The molecule has 0 aliphatic carbocycles. The molecule has 5 heterocycles. The molecule has 0 unspecified atom stereocenters. The molecule has 0 saturated heterocycles. The van der Waals surface area contributed by atoms with Gasteiger partial charge in [-0.05, 0) is 113 Å². The van der Waals surface area contributed by atoms with E-state index >= 15 is 0 Å². The number of nitrogens with one attached hydrogen (secondary N) is 2. The summed E-state index contributed by atoms with van der Waals surface area (Å²) in [4.78, 5) is 9.47. The van der Waals surface area contributed by atoms with Crippen molar-refractivity contribution in [3.8, 4) is 17.4 Å². The Morgan fingerprint density at radius 3 is 2.03 bits per heavy atom. The highest BCUT2D eigenvalue weighted by atomic mass is 16.5. The van der Waals surface area contributed by atoms with Gasteiger partial charge in [0, 0.05) is 64.5 Å². The quantitative estimate of drug-likeness (QED) is 0.155. The van der Waals surface area contributed by atoms with Crippen LogP contribution in [-0.4, -0.2) is 35.3 Å². The lowest BCUT2D eigenvalue weighted by molar-refractivity contribution is 0.483. The molecule has 6 aromatic carbocycles. The zero-order valence-electron chi connectivity index (χ0n) is 45.4. The van der Waals surface area contributed by atoms with Gasteiger partial charge in [-0.3, -0.25) is 4.57 Å².